The molecule has 2 aliphatic heterocycles. The molecule has 3 nitrogen and oxygen atoms in total. The van der Waals surface area contributed by atoms with Crippen LogP contribution in [-0.2, 0) is 9.53 Å². The summed E-state index contributed by atoms with van der Waals surface area (Å²) in [4.78, 5) is 11.6. The molecular weight excluding hydrogens is 190 g/mol. The van der Waals surface area contributed by atoms with E-state index in [1.165, 1.54) is 0 Å². The zero-order valence-corrected chi connectivity index (χ0v) is 8.40. The largest absolute Gasteiger partial charge is 0.363 e. The van der Waals surface area contributed by atoms with Crippen molar-refractivity contribution >= 4 is 5.91 Å². The summed E-state index contributed by atoms with van der Waals surface area (Å²) in [5, 5.41) is 2.93. The lowest BCUT2D eigenvalue weighted by molar-refractivity contribution is -0.163. The molecule has 0 aromatic heterocycles. The maximum Gasteiger partial charge on any atom is 0.255 e. The lowest BCUT2D eigenvalue weighted by Gasteiger charge is -2.45. The first-order valence-electron chi connectivity index (χ1n) is 5.33. The van der Waals surface area contributed by atoms with Crippen LogP contribution in [0.15, 0.2) is 30.3 Å². The predicted molar refractivity (Wildman–Crippen MR) is 55.2 cm³/mol. The van der Waals surface area contributed by atoms with Crippen molar-refractivity contribution in [2.24, 2.45) is 0 Å². The van der Waals surface area contributed by atoms with Gasteiger partial charge in [-0.05, 0) is 18.4 Å². The number of hydrogen-bond acceptors (Lipinski definition) is 2. The maximum atomic E-state index is 11.6. The molecule has 0 aliphatic carbocycles. The minimum atomic E-state index is -0.554. The van der Waals surface area contributed by atoms with Crippen LogP contribution >= 0.6 is 0 Å². The zero-order chi connectivity index (χ0) is 10.3. The van der Waals surface area contributed by atoms with Gasteiger partial charge in [0.05, 0.1) is 6.04 Å². The first-order valence-corrected chi connectivity index (χ1v) is 5.33. The molecule has 2 fully saturated rings. The molecule has 1 aromatic rings. The van der Waals surface area contributed by atoms with Crippen molar-refractivity contribution < 1.29 is 9.53 Å². The van der Waals surface area contributed by atoms with E-state index in [1.807, 2.05) is 30.3 Å². The highest BCUT2D eigenvalue weighted by Gasteiger charge is 2.58. The quantitative estimate of drug-likeness (QED) is 0.701. The minimum Gasteiger partial charge on any atom is -0.363 e. The van der Waals surface area contributed by atoms with E-state index in [0.29, 0.717) is 6.61 Å². The molecule has 1 aromatic carbocycles. The normalized spacial score (nSPS) is 33.9. The summed E-state index contributed by atoms with van der Waals surface area (Å²) in [5.74, 6) is 0.0499. The van der Waals surface area contributed by atoms with E-state index in [-0.39, 0.29) is 11.9 Å². The van der Waals surface area contributed by atoms with Gasteiger partial charge in [0.2, 0.25) is 0 Å². The van der Waals surface area contributed by atoms with Crippen LogP contribution in [0.3, 0.4) is 0 Å². The van der Waals surface area contributed by atoms with Crippen LogP contribution in [0.2, 0.25) is 0 Å². The monoisotopic (exact) mass is 203 g/mol. The highest BCUT2D eigenvalue weighted by Crippen LogP contribution is 2.44. The highest BCUT2D eigenvalue weighted by molar-refractivity contribution is 5.93. The summed E-state index contributed by atoms with van der Waals surface area (Å²) >= 11 is 0. The van der Waals surface area contributed by atoms with E-state index in [2.05, 4.69) is 5.32 Å². The fraction of sp³-hybridized carbons (Fsp3) is 0.417. The molecule has 2 aliphatic rings. The third-order valence-electron chi connectivity index (χ3n) is 3.31. The van der Waals surface area contributed by atoms with E-state index >= 15 is 0 Å². The molecule has 0 bridgehead atoms. The molecule has 0 unspecified atom stereocenters. The Balaban J connectivity index is 1.93. The number of benzene rings is 1. The van der Waals surface area contributed by atoms with E-state index in [4.69, 9.17) is 4.74 Å². The Labute approximate surface area is 88.4 Å². The Morgan fingerprint density at radius 2 is 2.13 bits per heavy atom. The highest BCUT2D eigenvalue weighted by atomic mass is 16.5. The van der Waals surface area contributed by atoms with Gasteiger partial charge in [-0.1, -0.05) is 30.3 Å². The number of ether oxygens (including phenoxy) is 1. The van der Waals surface area contributed by atoms with Gasteiger partial charge in [-0.15, -0.1) is 0 Å². The second-order valence-corrected chi connectivity index (χ2v) is 4.16. The van der Waals surface area contributed by atoms with Crippen LogP contribution in [0.4, 0.5) is 0 Å². The van der Waals surface area contributed by atoms with Gasteiger partial charge in [0.25, 0.3) is 5.91 Å². The third-order valence-corrected chi connectivity index (χ3v) is 3.31. The zero-order valence-electron chi connectivity index (χ0n) is 8.40. The molecule has 3 rings (SSSR count). The van der Waals surface area contributed by atoms with E-state index in [1.54, 1.807) is 0 Å². The van der Waals surface area contributed by atoms with Crippen molar-refractivity contribution in [1.29, 1.82) is 0 Å². The Hall–Kier alpha value is -1.35. The van der Waals surface area contributed by atoms with Crippen molar-refractivity contribution in [3.63, 3.8) is 0 Å². The van der Waals surface area contributed by atoms with Crippen LogP contribution in [-0.4, -0.2) is 18.1 Å². The second-order valence-electron chi connectivity index (χ2n) is 4.16. The summed E-state index contributed by atoms with van der Waals surface area (Å²) in [6.45, 7) is 0.705. The molecule has 0 saturated carbocycles. The summed E-state index contributed by atoms with van der Waals surface area (Å²) in [6.07, 6.45) is 1.83. The molecule has 3 heteroatoms. The number of carbonyl (C=O) groups excluding carboxylic acids is 1. The van der Waals surface area contributed by atoms with Gasteiger partial charge in [0.1, 0.15) is 0 Å². The maximum absolute atomic E-state index is 11.6. The first kappa shape index (κ1) is 8.92. The number of carbonyl (C=O) groups is 1. The number of amides is 1. The molecule has 1 N–H and O–H groups in total. The molecule has 2 saturated heterocycles. The molecule has 2 atom stereocenters. The van der Waals surface area contributed by atoms with Crippen LogP contribution in [0.1, 0.15) is 24.4 Å². The summed E-state index contributed by atoms with van der Waals surface area (Å²) in [5.41, 5.74) is 0.584. The first-order chi connectivity index (χ1) is 7.33. The average molecular weight is 203 g/mol. The topological polar surface area (TPSA) is 38.3 Å². The van der Waals surface area contributed by atoms with Crippen molar-refractivity contribution in [3.05, 3.63) is 35.9 Å². The average Bonchev–Trinajstić information content (AvgIpc) is 2.79. The minimum absolute atomic E-state index is 0.0497. The standard InChI is InChI=1S/C12H13NO2/c14-11-12(7-4-8-15-12)10(13-11)9-5-2-1-3-6-9/h1-3,5-6,10H,4,7-8H2,(H,13,14)/t10-,12+/m1/s1. The Morgan fingerprint density at radius 1 is 1.33 bits per heavy atom. The Morgan fingerprint density at radius 3 is 2.73 bits per heavy atom. The SMILES string of the molecule is O=C1N[C@H](c2ccccc2)[C@@]12CCCO2. The smallest absolute Gasteiger partial charge is 0.255 e. The summed E-state index contributed by atoms with van der Waals surface area (Å²) in [7, 11) is 0. The fourth-order valence-corrected chi connectivity index (χ4v) is 2.49. The van der Waals surface area contributed by atoms with Crippen LogP contribution in [0.25, 0.3) is 0 Å². The van der Waals surface area contributed by atoms with Gasteiger partial charge < -0.3 is 10.1 Å². The Kier molecular flexibility index (Phi) is 1.83. The molecule has 0 radical (unpaired) electrons. The Bertz CT molecular complexity index is 382. The van der Waals surface area contributed by atoms with Gasteiger partial charge in [-0.25, -0.2) is 0 Å². The number of hydrogen-bond donors (Lipinski definition) is 1. The van der Waals surface area contributed by atoms with Crippen LogP contribution in [0.5, 0.6) is 0 Å². The molecule has 1 amide bonds. The molecular formula is C12H13NO2. The number of rotatable bonds is 1. The van der Waals surface area contributed by atoms with Crippen molar-refractivity contribution in [3.8, 4) is 0 Å². The van der Waals surface area contributed by atoms with Crippen molar-refractivity contribution in [1.82, 2.24) is 5.32 Å². The lowest BCUT2D eigenvalue weighted by Crippen LogP contribution is -2.66. The van der Waals surface area contributed by atoms with Gasteiger partial charge in [0.15, 0.2) is 5.60 Å². The van der Waals surface area contributed by atoms with Gasteiger partial charge in [0, 0.05) is 6.61 Å². The molecule has 15 heavy (non-hydrogen) atoms. The molecule has 1 spiro atoms. The van der Waals surface area contributed by atoms with Crippen molar-refractivity contribution in [2.75, 3.05) is 6.61 Å². The summed E-state index contributed by atoms with van der Waals surface area (Å²) in [6, 6.07) is 10.1. The second kappa shape index (κ2) is 3.07. The lowest BCUT2D eigenvalue weighted by atomic mass is 9.78. The van der Waals surface area contributed by atoms with Crippen molar-refractivity contribution in [2.45, 2.75) is 24.5 Å². The van der Waals surface area contributed by atoms with E-state index < -0.39 is 5.60 Å². The molecule has 78 valence electrons. The number of β-lactam (4-membered cyclic amide) rings is 1. The van der Waals surface area contributed by atoms with Crippen LogP contribution < -0.4 is 5.32 Å². The van der Waals surface area contributed by atoms with E-state index in [9.17, 15) is 4.79 Å². The van der Waals surface area contributed by atoms with Gasteiger partial charge >= 0.3 is 0 Å². The molecule has 2 heterocycles. The van der Waals surface area contributed by atoms with E-state index in [0.717, 1.165) is 18.4 Å². The third kappa shape index (κ3) is 1.13. The fourth-order valence-electron chi connectivity index (χ4n) is 2.49. The van der Waals surface area contributed by atoms with Crippen LogP contribution in [0, 0.1) is 0 Å². The number of nitrogens with one attached hydrogen (secondary N) is 1. The summed E-state index contributed by atoms with van der Waals surface area (Å²) < 4.78 is 5.64. The van der Waals surface area contributed by atoms with Gasteiger partial charge in [-0.3, -0.25) is 4.79 Å². The van der Waals surface area contributed by atoms with Gasteiger partial charge in [-0.2, -0.15) is 0 Å². The predicted octanol–water partition coefficient (Wildman–Crippen LogP) is 1.41.